The molecule has 0 aliphatic carbocycles. The molecule has 1 aromatic heterocycles. The van der Waals surface area contributed by atoms with Crippen LogP contribution in [-0.2, 0) is 16.2 Å². The predicted octanol–water partition coefficient (Wildman–Crippen LogP) is 3.60. The first-order valence-electron chi connectivity index (χ1n) is 9.04. The average molecular weight is 321 g/mol. The first kappa shape index (κ1) is 19.6. The summed E-state index contributed by atoms with van der Waals surface area (Å²) in [6.07, 6.45) is 16.0. The summed E-state index contributed by atoms with van der Waals surface area (Å²) in [7, 11) is 1.46. The number of nitrogens with one attached hydrogen (secondary N) is 1. The lowest BCUT2D eigenvalue weighted by Crippen LogP contribution is -2.40. The second-order valence-electron chi connectivity index (χ2n) is 6.06. The van der Waals surface area contributed by atoms with Crippen LogP contribution in [0.2, 0.25) is 0 Å². The largest absolute Gasteiger partial charge is 0.469 e. The second-order valence-corrected chi connectivity index (χ2v) is 6.06. The van der Waals surface area contributed by atoms with Crippen molar-refractivity contribution in [1.29, 1.82) is 0 Å². The molecule has 0 atom stereocenters. The van der Waals surface area contributed by atoms with Crippen LogP contribution in [0.3, 0.4) is 0 Å². The van der Waals surface area contributed by atoms with Crippen molar-refractivity contribution in [2.45, 2.75) is 70.9 Å². The summed E-state index contributed by atoms with van der Waals surface area (Å²) in [4.78, 5) is 10.9. The van der Waals surface area contributed by atoms with Crippen LogP contribution in [0.4, 0.5) is 0 Å². The van der Waals surface area contributed by atoms with Gasteiger partial charge in [-0.15, -0.1) is 0 Å². The second kappa shape index (κ2) is 14.2. The molecule has 0 aliphatic rings. The zero-order chi connectivity index (χ0) is 16.6. The van der Waals surface area contributed by atoms with E-state index in [1.54, 1.807) is 0 Å². The number of rotatable bonds is 14. The number of carbonyl (C=O) groups excluding carboxylic acids is 1. The molecule has 4 heteroatoms. The minimum Gasteiger partial charge on any atom is -0.469 e. The quantitative estimate of drug-likeness (QED) is 0.323. The molecule has 0 fully saturated rings. The zero-order valence-corrected chi connectivity index (χ0v) is 14.6. The molecule has 0 radical (unpaired) electrons. The normalized spacial score (nSPS) is 10.7. The van der Waals surface area contributed by atoms with E-state index >= 15 is 0 Å². The van der Waals surface area contributed by atoms with Gasteiger partial charge < -0.3 is 4.74 Å². The molecule has 0 aromatic carbocycles. The number of aromatic nitrogens is 1. The Bertz CT molecular complexity index is 396. The van der Waals surface area contributed by atoms with Crippen LogP contribution >= 0.6 is 0 Å². The molecule has 1 N–H and O–H groups in total. The fourth-order valence-electron chi connectivity index (χ4n) is 2.61. The van der Waals surface area contributed by atoms with E-state index in [2.05, 4.69) is 39.1 Å². The third-order valence-corrected chi connectivity index (χ3v) is 4.03. The van der Waals surface area contributed by atoms with Crippen molar-refractivity contribution in [1.82, 2.24) is 5.32 Å². The van der Waals surface area contributed by atoms with E-state index in [1.807, 2.05) is 6.07 Å². The Labute approximate surface area is 141 Å². The Balaban J connectivity index is 1.76. The van der Waals surface area contributed by atoms with E-state index < -0.39 is 0 Å². The highest BCUT2D eigenvalue weighted by molar-refractivity contribution is 5.68. The van der Waals surface area contributed by atoms with E-state index in [0.29, 0.717) is 6.42 Å². The first-order valence-corrected chi connectivity index (χ1v) is 9.04. The fourth-order valence-corrected chi connectivity index (χ4v) is 2.61. The maximum atomic E-state index is 10.9. The summed E-state index contributed by atoms with van der Waals surface area (Å²) < 4.78 is 6.78. The molecule has 1 aromatic rings. The van der Waals surface area contributed by atoms with Crippen LogP contribution in [0.25, 0.3) is 0 Å². The Morgan fingerprint density at radius 3 is 2.04 bits per heavy atom. The summed E-state index contributed by atoms with van der Waals surface area (Å²) in [6, 6.07) is 6.14. The fraction of sp³-hybridized carbons (Fsp3) is 0.684. The molecule has 0 aliphatic heterocycles. The van der Waals surface area contributed by atoms with E-state index in [0.717, 1.165) is 26.1 Å². The van der Waals surface area contributed by atoms with Crippen LogP contribution in [0.5, 0.6) is 0 Å². The molecule has 1 rings (SSSR count). The Morgan fingerprint density at radius 2 is 1.43 bits per heavy atom. The van der Waals surface area contributed by atoms with E-state index in [1.165, 1.54) is 52.1 Å². The van der Waals surface area contributed by atoms with Gasteiger partial charge in [0.2, 0.25) is 6.67 Å². The maximum absolute atomic E-state index is 10.9. The molecule has 0 amide bonds. The van der Waals surface area contributed by atoms with Gasteiger partial charge in [0.05, 0.1) is 7.11 Å². The SMILES string of the molecule is COC(=O)CCCCCCCCCCCNC[n+]1ccccc1. The van der Waals surface area contributed by atoms with Gasteiger partial charge in [0.25, 0.3) is 0 Å². The number of unbranched alkanes of at least 4 members (excludes halogenated alkanes) is 8. The number of hydrogen-bond acceptors (Lipinski definition) is 3. The van der Waals surface area contributed by atoms with Gasteiger partial charge in [0.1, 0.15) is 0 Å². The van der Waals surface area contributed by atoms with Gasteiger partial charge >= 0.3 is 5.97 Å². The maximum Gasteiger partial charge on any atom is 0.305 e. The monoisotopic (exact) mass is 321 g/mol. The van der Waals surface area contributed by atoms with Crippen molar-refractivity contribution in [3.05, 3.63) is 30.6 Å². The first-order chi connectivity index (χ1) is 11.3. The number of carbonyl (C=O) groups is 1. The van der Waals surface area contributed by atoms with Gasteiger partial charge in [-0.05, 0) is 12.8 Å². The highest BCUT2D eigenvalue weighted by Gasteiger charge is 1.99. The van der Waals surface area contributed by atoms with Crippen LogP contribution in [-0.4, -0.2) is 19.6 Å². The van der Waals surface area contributed by atoms with Crippen molar-refractivity contribution in [2.24, 2.45) is 0 Å². The van der Waals surface area contributed by atoms with E-state index in [9.17, 15) is 4.79 Å². The van der Waals surface area contributed by atoms with Gasteiger partial charge in [-0.3, -0.25) is 10.1 Å². The lowest BCUT2D eigenvalue weighted by atomic mass is 10.1. The van der Waals surface area contributed by atoms with Crippen molar-refractivity contribution < 1.29 is 14.1 Å². The lowest BCUT2D eigenvalue weighted by Gasteiger charge is -2.03. The molecule has 1 heterocycles. The smallest absolute Gasteiger partial charge is 0.305 e. The van der Waals surface area contributed by atoms with Gasteiger partial charge in [0.15, 0.2) is 12.4 Å². The van der Waals surface area contributed by atoms with Gasteiger partial charge in [-0.1, -0.05) is 51.0 Å². The summed E-state index contributed by atoms with van der Waals surface area (Å²) >= 11 is 0. The Kier molecular flexibility index (Phi) is 12.1. The number of nitrogens with zero attached hydrogens (tertiary/aromatic N) is 1. The number of esters is 1. The number of pyridine rings is 1. The van der Waals surface area contributed by atoms with Crippen molar-refractivity contribution in [3.63, 3.8) is 0 Å². The summed E-state index contributed by atoms with van der Waals surface area (Å²) in [6.45, 7) is 1.99. The van der Waals surface area contributed by atoms with Crippen LogP contribution in [0, 0.1) is 0 Å². The molecule has 0 saturated heterocycles. The molecule has 0 bridgehead atoms. The standard InChI is InChI=1S/C19H33N2O2/c1-23-19(22)14-10-7-5-3-2-4-6-8-11-15-20-18-21-16-12-9-13-17-21/h9,12-13,16-17,20H,2-8,10-11,14-15,18H2,1H3/q+1. The molecular formula is C19H33N2O2+. The van der Waals surface area contributed by atoms with Gasteiger partial charge in [-0.25, -0.2) is 0 Å². The Morgan fingerprint density at radius 1 is 0.870 bits per heavy atom. The van der Waals surface area contributed by atoms with Gasteiger partial charge in [-0.2, -0.15) is 4.57 Å². The minimum atomic E-state index is -0.0794. The number of methoxy groups -OCH3 is 1. The predicted molar refractivity (Wildman–Crippen MR) is 92.8 cm³/mol. The number of hydrogen-bond donors (Lipinski definition) is 1. The van der Waals surface area contributed by atoms with E-state index in [-0.39, 0.29) is 5.97 Å². The molecule has 0 spiro atoms. The third-order valence-electron chi connectivity index (χ3n) is 4.03. The number of ether oxygens (including phenoxy) is 1. The summed E-state index contributed by atoms with van der Waals surface area (Å²) in [5.74, 6) is -0.0794. The molecule has 0 unspecified atom stereocenters. The van der Waals surface area contributed by atoms with Gasteiger partial charge in [0, 0.05) is 25.1 Å². The topological polar surface area (TPSA) is 42.2 Å². The Hall–Kier alpha value is -1.42. The highest BCUT2D eigenvalue weighted by Crippen LogP contribution is 2.10. The van der Waals surface area contributed by atoms with Crippen molar-refractivity contribution in [2.75, 3.05) is 13.7 Å². The zero-order valence-electron chi connectivity index (χ0n) is 14.6. The molecule has 0 saturated carbocycles. The van der Waals surface area contributed by atoms with Crippen molar-refractivity contribution in [3.8, 4) is 0 Å². The third kappa shape index (κ3) is 11.8. The molecular weight excluding hydrogens is 288 g/mol. The molecule has 23 heavy (non-hydrogen) atoms. The average Bonchev–Trinajstić information content (AvgIpc) is 2.59. The molecule has 130 valence electrons. The lowest BCUT2D eigenvalue weighted by molar-refractivity contribution is -0.701. The summed E-state index contributed by atoms with van der Waals surface area (Å²) in [5.41, 5.74) is 0. The minimum absolute atomic E-state index is 0.0794. The van der Waals surface area contributed by atoms with Crippen LogP contribution < -0.4 is 9.88 Å². The summed E-state index contributed by atoms with van der Waals surface area (Å²) in [5, 5.41) is 3.47. The van der Waals surface area contributed by atoms with Crippen LogP contribution in [0.1, 0.15) is 64.2 Å². The van der Waals surface area contributed by atoms with Crippen molar-refractivity contribution >= 4 is 5.97 Å². The van der Waals surface area contributed by atoms with E-state index in [4.69, 9.17) is 0 Å². The van der Waals surface area contributed by atoms with Crippen LogP contribution in [0.15, 0.2) is 30.6 Å². The highest BCUT2D eigenvalue weighted by atomic mass is 16.5. The molecule has 4 nitrogen and oxygen atoms in total.